The van der Waals surface area contributed by atoms with Gasteiger partial charge in [0.1, 0.15) is 5.82 Å². The summed E-state index contributed by atoms with van der Waals surface area (Å²) in [5.41, 5.74) is 6.34. The summed E-state index contributed by atoms with van der Waals surface area (Å²) in [6.45, 7) is 6.58. The lowest BCUT2D eigenvalue weighted by molar-refractivity contribution is 0.188. The van der Waals surface area contributed by atoms with Gasteiger partial charge in [0.15, 0.2) is 0 Å². The number of hydrogen-bond donors (Lipinski definition) is 1. The number of fused-ring (bicyclic) bond motifs is 4. The Bertz CT molecular complexity index is 1460. The third-order valence-electron chi connectivity index (χ3n) is 6.83. The van der Waals surface area contributed by atoms with E-state index in [-0.39, 0.29) is 6.04 Å². The van der Waals surface area contributed by atoms with E-state index < -0.39 is 0 Å². The fraction of sp³-hybridized carbons (Fsp3) is 0.269. The third-order valence-corrected chi connectivity index (χ3v) is 6.83. The Hall–Kier alpha value is -3.89. The van der Waals surface area contributed by atoms with E-state index in [9.17, 15) is 5.26 Å². The summed E-state index contributed by atoms with van der Waals surface area (Å²) in [7, 11) is 0. The van der Waals surface area contributed by atoms with Crippen molar-refractivity contribution in [2.24, 2.45) is 5.92 Å². The van der Waals surface area contributed by atoms with Crippen molar-refractivity contribution >= 4 is 28.2 Å². The normalized spacial score (nSPS) is 18.4. The molecule has 0 amide bonds. The van der Waals surface area contributed by atoms with E-state index in [1.54, 1.807) is 6.20 Å². The highest BCUT2D eigenvalue weighted by atomic mass is 16.5. The Morgan fingerprint density at radius 2 is 2.18 bits per heavy atom. The lowest BCUT2D eigenvalue weighted by atomic mass is 9.98. The maximum absolute atomic E-state index is 9.43. The molecule has 2 unspecified atom stereocenters. The number of rotatable bonds is 4. The molecule has 33 heavy (non-hydrogen) atoms. The molecule has 0 saturated carbocycles. The molecule has 2 atom stereocenters. The zero-order chi connectivity index (χ0) is 22.5. The van der Waals surface area contributed by atoms with E-state index in [1.807, 2.05) is 29.7 Å². The van der Waals surface area contributed by atoms with Gasteiger partial charge in [-0.25, -0.2) is 4.98 Å². The zero-order valence-corrected chi connectivity index (χ0v) is 18.6. The summed E-state index contributed by atoms with van der Waals surface area (Å²) in [6.07, 6.45) is 5.95. The van der Waals surface area contributed by atoms with Crippen LogP contribution >= 0.6 is 0 Å². The van der Waals surface area contributed by atoms with Crippen LogP contribution in [0, 0.1) is 24.2 Å². The van der Waals surface area contributed by atoms with Crippen LogP contribution in [0.5, 0.6) is 0 Å². The molecular formula is C26H24N6O. The number of imidazole rings is 1. The number of nitriles is 1. The molecule has 6 rings (SSSR count). The molecule has 0 aliphatic carbocycles. The smallest absolute Gasteiger partial charge is 0.236 e. The van der Waals surface area contributed by atoms with Gasteiger partial charge in [0.2, 0.25) is 5.78 Å². The van der Waals surface area contributed by atoms with Crippen LogP contribution in [0.2, 0.25) is 0 Å². The quantitative estimate of drug-likeness (QED) is 0.504. The van der Waals surface area contributed by atoms with Crippen LogP contribution in [-0.2, 0) is 4.74 Å². The molecule has 7 heteroatoms. The second kappa shape index (κ2) is 7.61. The molecule has 1 N–H and O–H groups in total. The molecule has 0 bridgehead atoms. The minimum atomic E-state index is -0.0273. The highest BCUT2D eigenvalue weighted by Gasteiger charge is 2.30. The van der Waals surface area contributed by atoms with Gasteiger partial charge in [0.25, 0.3) is 0 Å². The van der Waals surface area contributed by atoms with Crippen molar-refractivity contribution in [1.82, 2.24) is 14.4 Å². The molecule has 4 heterocycles. The zero-order valence-electron chi connectivity index (χ0n) is 18.6. The molecule has 1 fully saturated rings. The predicted octanol–water partition coefficient (Wildman–Crippen LogP) is 4.59. The minimum absolute atomic E-state index is 0.0273. The first-order valence-electron chi connectivity index (χ1n) is 11.2. The van der Waals surface area contributed by atoms with Crippen molar-refractivity contribution in [2.45, 2.75) is 19.9 Å². The van der Waals surface area contributed by atoms with E-state index in [4.69, 9.17) is 9.72 Å². The molecule has 2 aromatic carbocycles. The Balaban J connectivity index is 1.43. The van der Waals surface area contributed by atoms with Crippen LogP contribution in [0.3, 0.4) is 0 Å². The second-order valence-corrected chi connectivity index (χ2v) is 8.83. The Morgan fingerprint density at radius 1 is 1.27 bits per heavy atom. The standard InChI is InChI=1S/C26H24N6O/c1-16-18(11-27)4-3-5-22(16)17(2)29-25-23-10-21(31-12-19-14-33-15-20(19)13-31)6-7-24(23)32-9-8-28-26(32)30-25/h3-10,12,17,20H,13-15H2,1-2H3,(H,28,29,30). The number of nitrogens with zero attached hydrogens (tertiary/aromatic N) is 5. The van der Waals surface area contributed by atoms with Gasteiger partial charge in [-0.2, -0.15) is 10.2 Å². The predicted molar refractivity (Wildman–Crippen MR) is 128 cm³/mol. The number of anilines is 2. The molecular weight excluding hydrogens is 412 g/mol. The molecule has 2 aliphatic rings. The highest BCUT2D eigenvalue weighted by molar-refractivity contribution is 5.94. The van der Waals surface area contributed by atoms with Gasteiger partial charge >= 0.3 is 0 Å². The molecule has 2 aromatic heterocycles. The van der Waals surface area contributed by atoms with Crippen LogP contribution in [0.4, 0.5) is 11.5 Å². The second-order valence-electron chi connectivity index (χ2n) is 8.83. The largest absolute Gasteiger partial charge is 0.376 e. The summed E-state index contributed by atoms with van der Waals surface area (Å²) >= 11 is 0. The summed E-state index contributed by atoms with van der Waals surface area (Å²) in [5.74, 6) is 1.93. The molecule has 2 aliphatic heterocycles. The molecule has 0 spiro atoms. The average Bonchev–Trinajstić information content (AvgIpc) is 3.55. The monoisotopic (exact) mass is 436 g/mol. The summed E-state index contributed by atoms with van der Waals surface area (Å²) in [6, 6.07) is 14.6. The van der Waals surface area contributed by atoms with Crippen molar-refractivity contribution in [2.75, 3.05) is 30.0 Å². The first kappa shape index (κ1) is 19.8. The number of benzene rings is 2. The topological polar surface area (TPSA) is 78.5 Å². The van der Waals surface area contributed by atoms with Crippen LogP contribution in [-0.4, -0.2) is 34.1 Å². The van der Waals surface area contributed by atoms with Gasteiger partial charge in [-0.1, -0.05) is 12.1 Å². The van der Waals surface area contributed by atoms with Gasteiger partial charge in [-0.05, 0) is 54.8 Å². The Morgan fingerprint density at radius 3 is 3.03 bits per heavy atom. The van der Waals surface area contributed by atoms with Gasteiger partial charge in [0.05, 0.1) is 36.4 Å². The Labute approximate surface area is 191 Å². The minimum Gasteiger partial charge on any atom is -0.376 e. The molecule has 7 nitrogen and oxygen atoms in total. The van der Waals surface area contributed by atoms with Crippen molar-refractivity contribution in [3.05, 3.63) is 77.3 Å². The number of hydrogen-bond acceptors (Lipinski definition) is 6. The van der Waals surface area contributed by atoms with Gasteiger partial charge in [-0.3, -0.25) is 4.40 Å². The molecule has 1 saturated heterocycles. The Kier molecular flexibility index (Phi) is 4.56. The van der Waals surface area contributed by atoms with Gasteiger partial charge in [-0.15, -0.1) is 0 Å². The maximum atomic E-state index is 9.43. The molecule has 164 valence electrons. The van der Waals surface area contributed by atoms with E-state index in [0.29, 0.717) is 17.3 Å². The fourth-order valence-electron chi connectivity index (χ4n) is 4.99. The fourth-order valence-corrected chi connectivity index (χ4v) is 4.99. The van der Waals surface area contributed by atoms with Gasteiger partial charge in [0, 0.05) is 42.1 Å². The van der Waals surface area contributed by atoms with Crippen molar-refractivity contribution < 1.29 is 4.74 Å². The first-order chi connectivity index (χ1) is 16.1. The van der Waals surface area contributed by atoms with E-state index in [0.717, 1.165) is 53.3 Å². The van der Waals surface area contributed by atoms with Gasteiger partial charge < -0.3 is 15.0 Å². The summed E-state index contributed by atoms with van der Waals surface area (Å²) in [5, 5.41) is 14.1. The van der Waals surface area contributed by atoms with Crippen LogP contribution in [0.15, 0.2) is 60.6 Å². The molecule has 0 radical (unpaired) electrons. The number of ether oxygens (including phenoxy) is 1. The number of nitrogens with one attached hydrogen (secondary N) is 1. The average molecular weight is 437 g/mol. The first-order valence-corrected chi connectivity index (χ1v) is 11.2. The number of aromatic nitrogens is 3. The highest BCUT2D eigenvalue weighted by Crippen LogP contribution is 2.35. The van der Waals surface area contributed by atoms with E-state index >= 15 is 0 Å². The maximum Gasteiger partial charge on any atom is 0.236 e. The third kappa shape index (κ3) is 3.22. The van der Waals surface area contributed by atoms with Crippen LogP contribution < -0.4 is 10.2 Å². The van der Waals surface area contributed by atoms with Crippen molar-refractivity contribution in [1.29, 1.82) is 5.26 Å². The van der Waals surface area contributed by atoms with Crippen molar-refractivity contribution in [3.63, 3.8) is 0 Å². The van der Waals surface area contributed by atoms with Crippen molar-refractivity contribution in [3.8, 4) is 6.07 Å². The lowest BCUT2D eigenvalue weighted by Gasteiger charge is -2.21. The van der Waals surface area contributed by atoms with Crippen LogP contribution in [0.25, 0.3) is 16.7 Å². The van der Waals surface area contributed by atoms with E-state index in [1.165, 1.54) is 5.57 Å². The summed E-state index contributed by atoms with van der Waals surface area (Å²) < 4.78 is 7.61. The van der Waals surface area contributed by atoms with Crippen LogP contribution in [0.1, 0.15) is 29.7 Å². The van der Waals surface area contributed by atoms with E-state index in [2.05, 4.69) is 58.7 Å². The molecule has 4 aromatic rings. The lowest BCUT2D eigenvalue weighted by Crippen LogP contribution is -2.18. The SMILES string of the molecule is Cc1c(C#N)cccc1C(C)Nc1nc2nccn2c2ccc(N3C=C4COCC4C3)cc12. The summed E-state index contributed by atoms with van der Waals surface area (Å²) in [4.78, 5) is 11.6.